The van der Waals surface area contributed by atoms with E-state index in [1.165, 1.54) is 4.90 Å². The van der Waals surface area contributed by atoms with Crippen LogP contribution < -0.4 is 9.64 Å². The first-order chi connectivity index (χ1) is 14.4. The van der Waals surface area contributed by atoms with Crippen molar-refractivity contribution in [1.82, 2.24) is 4.90 Å². The third-order valence-electron chi connectivity index (χ3n) is 5.23. The van der Waals surface area contributed by atoms with Gasteiger partial charge < -0.3 is 14.4 Å². The zero-order chi connectivity index (χ0) is 21.4. The summed E-state index contributed by atoms with van der Waals surface area (Å²) < 4.78 is 11.1. The number of amides is 2. The summed E-state index contributed by atoms with van der Waals surface area (Å²) in [6.07, 6.45) is 1.95. The Morgan fingerprint density at radius 2 is 1.67 bits per heavy atom. The molecular weight excluding hydrogens is 404 g/mol. The molecule has 2 aliphatic rings. The van der Waals surface area contributed by atoms with Crippen LogP contribution in [0.4, 0.5) is 5.69 Å². The molecule has 2 amide bonds. The number of imide groups is 1. The molecule has 0 radical (unpaired) electrons. The van der Waals surface area contributed by atoms with E-state index < -0.39 is 5.91 Å². The Kier molecular flexibility index (Phi) is 5.54. The number of nitrogens with zero attached hydrogens (tertiary/aromatic N) is 2. The van der Waals surface area contributed by atoms with Crippen molar-refractivity contribution in [3.63, 3.8) is 0 Å². The molecule has 0 saturated carbocycles. The molecule has 2 heterocycles. The molecule has 0 aromatic heterocycles. The zero-order valence-corrected chi connectivity index (χ0v) is 17.8. The molecule has 6 nitrogen and oxygen atoms in total. The van der Waals surface area contributed by atoms with Gasteiger partial charge in [-0.05, 0) is 56.3 Å². The van der Waals surface area contributed by atoms with Crippen molar-refractivity contribution in [2.45, 2.75) is 26.1 Å². The fraction of sp³-hybridized carbons (Fsp3) is 0.304. The highest BCUT2D eigenvalue weighted by molar-refractivity contribution is 6.41. The molecule has 1 fully saturated rings. The monoisotopic (exact) mass is 426 g/mol. The lowest BCUT2D eigenvalue weighted by Gasteiger charge is -2.36. The maximum atomic E-state index is 13.5. The number of rotatable bonds is 3. The van der Waals surface area contributed by atoms with Crippen LogP contribution >= 0.6 is 11.6 Å². The number of ether oxygens (including phenoxy) is 2. The van der Waals surface area contributed by atoms with E-state index in [1.54, 1.807) is 49.6 Å². The molecule has 2 aromatic rings. The molecule has 2 aromatic carbocycles. The Balaban J connectivity index is 1.83. The number of benzene rings is 2. The summed E-state index contributed by atoms with van der Waals surface area (Å²) in [5, 5.41) is 0.532. The summed E-state index contributed by atoms with van der Waals surface area (Å²) >= 11 is 5.99. The van der Waals surface area contributed by atoms with Crippen molar-refractivity contribution >= 4 is 34.7 Å². The molecule has 156 valence electrons. The smallest absolute Gasteiger partial charge is 0.267 e. The van der Waals surface area contributed by atoms with Gasteiger partial charge in [-0.2, -0.15) is 0 Å². The van der Waals surface area contributed by atoms with E-state index in [4.69, 9.17) is 21.1 Å². The van der Waals surface area contributed by atoms with Gasteiger partial charge in [-0.3, -0.25) is 9.59 Å². The Labute approximate surface area is 180 Å². The second kappa shape index (κ2) is 8.13. The zero-order valence-electron chi connectivity index (χ0n) is 17.1. The van der Waals surface area contributed by atoms with Crippen LogP contribution in [0.3, 0.4) is 0 Å². The average Bonchev–Trinajstić information content (AvgIpc) is 2.71. The molecule has 0 N–H and O–H groups in total. The summed E-state index contributed by atoms with van der Waals surface area (Å²) in [5.41, 5.74) is 1.95. The van der Waals surface area contributed by atoms with Crippen molar-refractivity contribution in [3.8, 4) is 5.75 Å². The maximum absolute atomic E-state index is 13.5. The highest BCUT2D eigenvalue weighted by Crippen LogP contribution is 2.35. The van der Waals surface area contributed by atoms with E-state index in [2.05, 4.69) is 4.90 Å². The van der Waals surface area contributed by atoms with E-state index in [9.17, 15) is 9.59 Å². The van der Waals surface area contributed by atoms with Gasteiger partial charge in [-0.25, -0.2) is 4.90 Å². The normalized spacial score (nSPS) is 23.0. The minimum absolute atomic E-state index is 0.0497. The predicted octanol–water partition coefficient (Wildman–Crippen LogP) is 3.99. The number of methoxy groups -OCH3 is 1. The van der Waals surface area contributed by atoms with Crippen molar-refractivity contribution < 1.29 is 19.1 Å². The summed E-state index contributed by atoms with van der Waals surface area (Å²) in [7, 11) is 1.55. The molecule has 2 atom stereocenters. The van der Waals surface area contributed by atoms with Gasteiger partial charge in [0, 0.05) is 29.9 Å². The van der Waals surface area contributed by atoms with E-state index >= 15 is 0 Å². The minimum Gasteiger partial charge on any atom is -0.497 e. The molecule has 0 aliphatic carbocycles. The number of morpholine rings is 1. The molecule has 0 bridgehead atoms. The van der Waals surface area contributed by atoms with Crippen molar-refractivity contribution in [2.24, 2.45) is 0 Å². The molecule has 4 rings (SSSR count). The average molecular weight is 427 g/mol. The van der Waals surface area contributed by atoms with Crippen LogP contribution in [0.2, 0.25) is 5.02 Å². The van der Waals surface area contributed by atoms with Gasteiger partial charge in [0.25, 0.3) is 11.8 Å². The summed E-state index contributed by atoms with van der Waals surface area (Å²) in [6.45, 7) is 5.35. The summed E-state index contributed by atoms with van der Waals surface area (Å²) in [5.74, 6) is -0.204. The van der Waals surface area contributed by atoms with Crippen molar-refractivity contribution in [3.05, 3.63) is 64.8 Å². The molecular formula is C23H23ClN2O4. The van der Waals surface area contributed by atoms with Gasteiger partial charge in [-0.15, -0.1) is 0 Å². The topological polar surface area (TPSA) is 59.1 Å². The lowest BCUT2D eigenvalue weighted by molar-refractivity contribution is -0.113. The van der Waals surface area contributed by atoms with Gasteiger partial charge in [-0.1, -0.05) is 11.6 Å². The van der Waals surface area contributed by atoms with Crippen LogP contribution in [-0.2, 0) is 9.53 Å². The van der Waals surface area contributed by atoms with Gasteiger partial charge in [0.1, 0.15) is 5.75 Å². The van der Waals surface area contributed by atoms with E-state index in [-0.39, 0.29) is 18.1 Å². The summed E-state index contributed by atoms with van der Waals surface area (Å²) in [6, 6.07) is 11.9. The van der Waals surface area contributed by atoms with Crippen LogP contribution in [0.1, 0.15) is 29.8 Å². The number of hydrogen-bond acceptors (Lipinski definition) is 5. The third kappa shape index (κ3) is 3.80. The summed E-state index contributed by atoms with van der Waals surface area (Å²) in [4.78, 5) is 30.0. The number of hydrogen-bond donors (Lipinski definition) is 0. The van der Waals surface area contributed by atoms with E-state index in [0.29, 0.717) is 46.2 Å². The van der Waals surface area contributed by atoms with Gasteiger partial charge in [0.2, 0.25) is 0 Å². The SMILES string of the molecule is COc1ccc2c(c1)C(=O)N(c1ccc(Cl)cc1)C(=O)/C2=C\N1CC(C)OC(C)C1. The third-order valence-corrected chi connectivity index (χ3v) is 5.48. The molecule has 30 heavy (non-hydrogen) atoms. The quantitative estimate of drug-likeness (QED) is 0.548. The number of fused-ring (bicyclic) bond motifs is 1. The Morgan fingerprint density at radius 3 is 2.30 bits per heavy atom. The fourth-order valence-corrected chi connectivity index (χ4v) is 4.09. The highest BCUT2D eigenvalue weighted by atomic mass is 35.5. The van der Waals surface area contributed by atoms with Gasteiger partial charge in [0.15, 0.2) is 0 Å². The molecule has 0 spiro atoms. The van der Waals surface area contributed by atoms with Crippen LogP contribution in [0.5, 0.6) is 5.75 Å². The first-order valence-corrected chi connectivity index (χ1v) is 10.2. The lowest BCUT2D eigenvalue weighted by atomic mass is 9.93. The number of carbonyl (C=O) groups excluding carboxylic acids is 2. The lowest BCUT2D eigenvalue weighted by Crippen LogP contribution is -2.45. The van der Waals surface area contributed by atoms with Crippen molar-refractivity contribution in [1.29, 1.82) is 0 Å². The predicted molar refractivity (Wildman–Crippen MR) is 116 cm³/mol. The standard InChI is InChI=1S/C23H23ClN2O4/c1-14-11-25(12-15(2)30-14)13-21-19-9-8-18(29-3)10-20(19)22(27)26(23(21)28)17-6-4-16(24)5-7-17/h4-10,13-15H,11-12H2,1-3H3/b21-13-. The molecule has 1 saturated heterocycles. The Morgan fingerprint density at radius 1 is 1.00 bits per heavy atom. The van der Waals surface area contributed by atoms with Crippen LogP contribution in [-0.4, -0.2) is 49.1 Å². The molecule has 7 heteroatoms. The van der Waals surface area contributed by atoms with Crippen LogP contribution in [0, 0.1) is 0 Å². The molecule has 2 aliphatic heterocycles. The minimum atomic E-state index is -0.392. The first kappa shape index (κ1) is 20.4. The van der Waals surface area contributed by atoms with Crippen LogP contribution in [0.15, 0.2) is 48.7 Å². The largest absolute Gasteiger partial charge is 0.497 e. The number of halogens is 1. The van der Waals surface area contributed by atoms with Crippen LogP contribution in [0.25, 0.3) is 5.57 Å². The Hall–Kier alpha value is -2.83. The number of anilines is 1. The van der Waals surface area contributed by atoms with Gasteiger partial charge in [0.05, 0.1) is 36.1 Å². The highest BCUT2D eigenvalue weighted by Gasteiger charge is 2.37. The second-order valence-corrected chi connectivity index (χ2v) is 8.02. The first-order valence-electron chi connectivity index (χ1n) is 9.81. The fourth-order valence-electron chi connectivity index (χ4n) is 3.97. The maximum Gasteiger partial charge on any atom is 0.267 e. The van der Waals surface area contributed by atoms with Crippen molar-refractivity contribution in [2.75, 3.05) is 25.1 Å². The van der Waals surface area contributed by atoms with E-state index in [1.807, 2.05) is 20.0 Å². The Bertz CT molecular complexity index is 1010. The molecule has 2 unspecified atom stereocenters. The van der Waals surface area contributed by atoms with Gasteiger partial charge >= 0.3 is 0 Å². The second-order valence-electron chi connectivity index (χ2n) is 7.59. The van der Waals surface area contributed by atoms with E-state index in [0.717, 1.165) is 0 Å². The number of carbonyl (C=O) groups is 2.